The lowest BCUT2D eigenvalue weighted by Crippen LogP contribution is -2.16. The molecule has 0 saturated heterocycles. The highest BCUT2D eigenvalue weighted by atomic mass is 79.9. The fourth-order valence-corrected chi connectivity index (χ4v) is 2.30. The number of hydrogen-bond donors (Lipinski definition) is 1. The Hall–Kier alpha value is -1.82. The molecule has 1 aromatic carbocycles. The normalized spacial score (nSPS) is 12.1. The summed E-state index contributed by atoms with van der Waals surface area (Å²) in [7, 11) is 0. The van der Waals surface area contributed by atoms with Gasteiger partial charge in [-0.15, -0.1) is 0 Å². The van der Waals surface area contributed by atoms with Gasteiger partial charge in [0.25, 0.3) is 5.69 Å². The number of aryl methyl sites for hydroxylation is 1. The minimum absolute atomic E-state index is 0.0632. The summed E-state index contributed by atoms with van der Waals surface area (Å²) in [5.41, 5.74) is 0.806. The van der Waals surface area contributed by atoms with Crippen molar-refractivity contribution in [1.29, 1.82) is 0 Å². The van der Waals surface area contributed by atoms with Gasteiger partial charge < -0.3 is 9.73 Å². The number of benzene rings is 1. The summed E-state index contributed by atoms with van der Waals surface area (Å²) in [5.74, 6) is 0.945. The van der Waals surface area contributed by atoms with Crippen LogP contribution in [0.1, 0.15) is 19.1 Å². The van der Waals surface area contributed by atoms with Crippen LogP contribution in [0.5, 0.6) is 0 Å². The number of nitro benzene ring substituents is 1. The maximum atomic E-state index is 10.9. The third kappa shape index (κ3) is 3.84. The molecule has 0 bridgehead atoms. The second kappa shape index (κ2) is 6.56. The summed E-state index contributed by atoms with van der Waals surface area (Å²) < 4.78 is 5.76. The van der Waals surface area contributed by atoms with Crippen molar-refractivity contribution in [2.45, 2.75) is 25.8 Å². The predicted molar refractivity (Wildman–Crippen MR) is 80.9 cm³/mol. The fraction of sp³-hybridized carbons (Fsp3) is 0.286. The minimum atomic E-state index is -0.400. The van der Waals surface area contributed by atoms with Crippen LogP contribution in [0, 0.1) is 10.1 Å². The van der Waals surface area contributed by atoms with E-state index in [0.29, 0.717) is 4.47 Å². The monoisotopic (exact) mass is 338 g/mol. The Morgan fingerprint density at radius 2 is 2.25 bits per heavy atom. The molecule has 0 amide bonds. The van der Waals surface area contributed by atoms with Crippen molar-refractivity contribution in [3.8, 4) is 0 Å². The quantitative estimate of drug-likeness (QED) is 0.626. The summed E-state index contributed by atoms with van der Waals surface area (Å²) in [4.78, 5) is 10.5. The number of halogens is 1. The fourth-order valence-electron chi connectivity index (χ4n) is 1.91. The van der Waals surface area contributed by atoms with E-state index < -0.39 is 4.92 Å². The van der Waals surface area contributed by atoms with Gasteiger partial charge in [0.15, 0.2) is 0 Å². The highest BCUT2D eigenvalue weighted by Gasteiger charge is 2.13. The first-order valence-corrected chi connectivity index (χ1v) is 7.08. The Labute approximate surface area is 125 Å². The molecule has 2 rings (SSSR count). The largest absolute Gasteiger partial charge is 0.469 e. The van der Waals surface area contributed by atoms with Crippen molar-refractivity contribution < 1.29 is 9.34 Å². The van der Waals surface area contributed by atoms with E-state index in [4.69, 9.17) is 4.42 Å². The lowest BCUT2D eigenvalue weighted by Gasteiger charge is -2.14. The van der Waals surface area contributed by atoms with E-state index in [2.05, 4.69) is 21.2 Å². The van der Waals surface area contributed by atoms with Gasteiger partial charge in [-0.1, -0.05) is 0 Å². The van der Waals surface area contributed by atoms with E-state index in [-0.39, 0.29) is 11.7 Å². The predicted octanol–water partition coefficient (Wildman–Crippen LogP) is 4.38. The molecular formula is C14H15BrN2O3. The molecule has 0 spiro atoms. The lowest BCUT2D eigenvalue weighted by atomic mass is 10.1. The van der Waals surface area contributed by atoms with Gasteiger partial charge >= 0.3 is 0 Å². The van der Waals surface area contributed by atoms with Crippen molar-refractivity contribution in [2.24, 2.45) is 0 Å². The maximum absolute atomic E-state index is 10.9. The topological polar surface area (TPSA) is 68.3 Å². The average molecular weight is 339 g/mol. The van der Waals surface area contributed by atoms with Crippen LogP contribution in [-0.4, -0.2) is 11.0 Å². The highest BCUT2D eigenvalue weighted by Crippen LogP contribution is 2.28. The van der Waals surface area contributed by atoms with Gasteiger partial charge in [0.05, 0.1) is 15.7 Å². The molecule has 1 atom stereocenters. The zero-order valence-corrected chi connectivity index (χ0v) is 12.6. The molecule has 0 aliphatic carbocycles. The number of hydrogen-bond acceptors (Lipinski definition) is 4. The smallest absolute Gasteiger partial charge is 0.285 e. The molecule has 1 heterocycles. The highest BCUT2D eigenvalue weighted by molar-refractivity contribution is 9.10. The van der Waals surface area contributed by atoms with Crippen LogP contribution < -0.4 is 5.32 Å². The molecule has 1 aromatic heterocycles. The average Bonchev–Trinajstić information content (AvgIpc) is 2.91. The molecule has 0 aliphatic heterocycles. The van der Waals surface area contributed by atoms with Crippen LogP contribution in [-0.2, 0) is 6.42 Å². The van der Waals surface area contributed by atoms with Crippen molar-refractivity contribution in [3.63, 3.8) is 0 Å². The molecule has 1 unspecified atom stereocenters. The molecule has 2 aromatic rings. The maximum Gasteiger partial charge on any atom is 0.285 e. The molecule has 6 heteroatoms. The van der Waals surface area contributed by atoms with Crippen LogP contribution in [0.4, 0.5) is 11.4 Å². The summed E-state index contributed by atoms with van der Waals surface area (Å²) >= 11 is 3.17. The number of nitro groups is 1. The van der Waals surface area contributed by atoms with Crippen molar-refractivity contribution in [1.82, 2.24) is 0 Å². The van der Waals surface area contributed by atoms with Crippen LogP contribution in [0.15, 0.2) is 45.5 Å². The second-order valence-electron chi connectivity index (χ2n) is 4.59. The Morgan fingerprint density at radius 3 is 2.90 bits per heavy atom. The number of rotatable bonds is 6. The number of nitrogens with one attached hydrogen (secondary N) is 1. The third-order valence-corrected chi connectivity index (χ3v) is 3.63. The Kier molecular flexibility index (Phi) is 4.79. The van der Waals surface area contributed by atoms with Crippen LogP contribution in [0.3, 0.4) is 0 Å². The second-order valence-corrected chi connectivity index (χ2v) is 5.44. The van der Waals surface area contributed by atoms with E-state index in [1.807, 2.05) is 25.1 Å². The first kappa shape index (κ1) is 14.6. The first-order chi connectivity index (χ1) is 9.56. The molecule has 0 aliphatic rings. The summed E-state index contributed by atoms with van der Waals surface area (Å²) in [6.45, 7) is 2.04. The molecule has 106 valence electrons. The van der Waals surface area contributed by atoms with Crippen molar-refractivity contribution >= 4 is 27.3 Å². The van der Waals surface area contributed by atoms with E-state index in [1.165, 1.54) is 6.07 Å². The Bertz CT molecular complexity index is 584. The zero-order chi connectivity index (χ0) is 14.5. The standard InChI is InChI=1S/C14H15BrN2O3/c1-10(4-6-12-3-2-8-20-12)16-11-5-7-13(15)14(9-11)17(18)19/h2-3,5,7-10,16H,4,6H2,1H3. The Morgan fingerprint density at radius 1 is 1.45 bits per heavy atom. The van der Waals surface area contributed by atoms with E-state index in [9.17, 15) is 10.1 Å². The molecule has 0 fully saturated rings. The minimum Gasteiger partial charge on any atom is -0.469 e. The van der Waals surface area contributed by atoms with Crippen LogP contribution >= 0.6 is 15.9 Å². The van der Waals surface area contributed by atoms with Gasteiger partial charge in [-0.05, 0) is 53.5 Å². The molecule has 5 nitrogen and oxygen atoms in total. The first-order valence-electron chi connectivity index (χ1n) is 6.29. The number of furan rings is 1. The van der Waals surface area contributed by atoms with E-state index in [0.717, 1.165) is 24.3 Å². The molecule has 0 radical (unpaired) electrons. The third-order valence-electron chi connectivity index (χ3n) is 2.96. The number of anilines is 1. The van der Waals surface area contributed by atoms with Gasteiger partial charge in [-0.2, -0.15) is 0 Å². The molecular weight excluding hydrogens is 324 g/mol. The van der Waals surface area contributed by atoms with Crippen LogP contribution in [0.2, 0.25) is 0 Å². The van der Waals surface area contributed by atoms with Gasteiger partial charge in [0.2, 0.25) is 0 Å². The van der Waals surface area contributed by atoms with Gasteiger partial charge in [-0.25, -0.2) is 0 Å². The zero-order valence-electron chi connectivity index (χ0n) is 11.0. The lowest BCUT2D eigenvalue weighted by molar-refractivity contribution is -0.385. The van der Waals surface area contributed by atoms with Gasteiger partial charge in [0.1, 0.15) is 5.76 Å². The summed E-state index contributed by atoms with van der Waals surface area (Å²) in [6.07, 6.45) is 3.38. The van der Waals surface area contributed by atoms with Crippen LogP contribution in [0.25, 0.3) is 0 Å². The SMILES string of the molecule is CC(CCc1ccco1)Nc1ccc(Br)c([N+](=O)[O-])c1. The molecule has 20 heavy (non-hydrogen) atoms. The van der Waals surface area contributed by atoms with E-state index in [1.54, 1.807) is 12.3 Å². The van der Waals surface area contributed by atoms with Crippen molar-refractivity contribution in [3.05, 3.63) is 56.9 Å². The summed E-state index contributed by atoms with van der Waals surface area (Å²) in [6, 6.07) is 9.04. The molecule has 1 N–H and O–H groups in total. The Balaban J connectivity index is 1.95. The van der Waals surface area contributed by atoms with Crippen molar-refractivity contribution in [2.75, 3.05) is 5.32 Å². The number of nitrogens with zero attached hydrogens (tertiary/aromatic N) is 1. The van der Waals surface area contributed by atoms with Gasteiger partial charge in [0, 0.05) is 24.2 Å². The van der Waals surface area contributed by atoms with Gasteiger partial charge in [-0.3, -0.25) is 10.1 Å². The van der Waals surface area contributed by atoms with E-state index >= 15 is 0 Å². The summed E-state index contributed by atoms with van der Waals surface area (Å²) in [5, 5.41) is 14.1. The molecule has 0 saturated carbocycles.